The molecule has 1 aliphatic heterocycles. The van der Waals surface area contributed by atoms with Crippen LogP contribution in [0.5, 0.6) is 5.75 Å². The first-order valence-corrected chi connectivity index (χ1v) is 7.61. The highest BCUT2D eigenvalue weighted by Crippen LogP contribution is 2.28. The summed E-state index contributed by atoms with van der Waals surface area (Å²) in [5, 5.41) is 4.24. The number of hydrogen-bond donors (Lipinski definition) is 1. The molecular weight excluding hydrogens is 286 g/mol. The van der Waals surface area contributed by atoms with Gasteiger partial charge in [-0.15, -0.1) is 11.3 Å². The van der Waals surface area contributed by atoms with E-state index >= 15 is 0 Å². The molecule has 0 saturated carbocycles. The molecule has 0 bridgehead atoms. The number of aryl methyl sites for hydroxylation is 1. The van der Waals surface area contributed by atoms with Crippen LogP contribution in [0.3, 0.4) is 0 Å². The maximum atomic E-state index is 12.5. The average molecular weight is 303 g/mol. The van der Waals surface area contributed by atoms with Gasteiger partial charge in [-0.2, -0.15) is 0 Å². The molecule has 3 rings (SSSR count). The van der Waals surface area contributed by atoms with Crippen LogP contribution in [0, 0.1) is 6.92 Å². The summed E-state index contributed by atoms with van der Waals surface area (Å²) in [4.78, 5) is 19.4. The monoisotopic (exact) mass is 303 g/mol. The maximum Gasteiger partial charge on any atom is 0.265 e. The molecule has 1 aromatic heterocycles. The molecule has 0 aliphatic carbocycles. The van der Waals surface area contributed by atoms with Gasteiger partial charge in [-0.3, -0.25) is 4.79 Å². The van der Waals surface area contributed by atoms with Crippen LogP contribution < -0.4 is 10.1 Å². The van der Waals surface area contributed by atoms with Crippen LogP contribution >= 0.6 is 11.3 Å². The van der Waals surface area contributed by atoms with Crippen molar-refractivity contribution in [2.75, 3.05) is 18.9 Å². The van der Waals surface area contributed by atoms with Gasteiger partial charge in [-0.1, -0.05) is 12.1 Å². The Morgan fingerprint density at radius 2 is 2.33 bits per heavy atom. The molecule has 1 N–H and O–H groups in total. The number of carbonyl (C=O) groups is 1. The van der Waals surface area contributed by atoms with Crippen molar-refractivity contribution in [1.82, 2.24) is 9.88 Å². The number of rotatable bonds is 3. The maximum absolute atomic E-state index is 12.5. The molecule has 2 heterocycles. The summed E-state index contributed by atoms with van der Waals surface area (Å²) in [7, 11) is 1.79. The summed E-state index contributed by atoms with van der Waals surface area (Å²) < 4.78 is 5.79. The van der Waals surface area contributed by atoms with Gasteiger partial charge in [-0.05, 0) is 19.1 Å². The van der Waals surface area contributed by atoms with Crippen LogP contribution in [0.4, 0.5) is 5.69 Å². The Labute approximate surface area is 127 Å². The minimum atomic E-state index is -0.487. The van der Waals surface area contributed by atoms with E-state index < -0.39 is 6.10 Å². The third-order valence-corrected chi connectivity index (χ3v) is 4.25. The molecular formula is C15H17N3O2S. The zero-order valence-corrected chi connectivity index (χ0v) is 12.8. The van der Waals surface area contributed by atoms with Gasteiger partial charge in [-0.25, -0.2) is 4.98 Å². The van der Waals surface area contributed by atoms with Gasteiger partial charge < -0.3 is 15.0 Å². The highest BCUT2D eigenvalue weighted by Gasteiger charge is 2.28. The van der Waals surface area contributed by atoms with E-state index in [1.165, 1.54) is 0 Å². The van der Waals surface area contributed by atoms with Crippen LogP contribution in [-0.4, -0.2) is 35.5 Å². The van der Waals surface area contributed by atoms with Crippen molar-refractivity contribution in [3.05, 3.63) is 40.3 Å². The molecule has 6 heteroatoms. The fraction of sp³-hybridized carbons (Fsp3) is 0.333. The molecule has 1 aliphatic rings. The van der Waals surface area contributed by atoms with Gasteiger partial charge >= 0.3 is 0 Å². The number of nitrogens with one attached hydrogen (secondary N) is 1. The summed E-state index contributed by atoms with van der Waals surface area (Å²) >= 11 is 1.61. The standard InChI is InChI=1S/C15H17N3O2S/c1-10-16-7-11(21-10)9-18(2)15(19)14-8-17-12-5-3-4-6-13(12)20-14/h3-7,14,17H,8-9H2,1-2H3. The van der Waals surface area contributed by atoms with Crippen LogP contribution in [0.2, 0.25) is 0 Å². The first-order valence-electron chi connectivity index (χ1n) is 6.79. The zero-order chi connectivity index (χ0) is 14.8. The molecule has 0 spiro atoms. The summed E-state index contributed by atoms with van der Waals surface area (Å²) in [5.41, 5.74) is 0.933. The van der Waals surface area contributed by atoms with Gasteiger partial charge in [0, 0.05) is 18.1 Å². The third-order valence-electron chi connectivity index (χ3n) is 3.35. The minimum absolute atomic E-state index is 0.0249. The Hall–Kier alpha value is -2.08. The highest BCUT2D eigenvalue weighted by molar-refractivity contribution is 7.11. The molecule has 21 heavy (non-hydrogen) atoms. The number of thiazole rings is 1. The van der Waals surface area contributed by atoms with Gasteiger partial charge in [0.2, 0.25) is 0 Å². The second kappa shape index (κ2) is 5.73. The molecule has 5 nitrogen and oxygen atoms in total. The number of para-hydroxylation sites is 2. The van der Waals surface area contributed by atoms with E-state index in [9.17, 15) is 4.79 Å². The number of nitrogens with zero attached hydrogens (tertiary/aromatic N) is 2. The SMILES string of the molecule is Cc1ncc(CN(C)C(=O)C2CNc3ccccc3O2)s1. The van der Waals surface area contributed by atoms with Crippen molar-refractivity contribution in [3.63, 3.8) is 0 Å². The van der Waals surface area contributed by atoms with Gasteiger partial charge in [0.1, 0.15) is 5.75 Å². The first-order chi connectivity index (χ1) is 10.1. The fourth-order valence-electron chi connectivity index (χ4n) is 2.29. The number of anilines is 1. The summed E-state index contributed by atoms with van der Waals surface area (Å²) in [6.07, 6.45) is 1.33. The van der Waals surface area contributed by atoms with Crippen LogP contribution in [0.25, 0.3) is 0 Å². The molecule has 0 radical (unpaired) electrons. The smallest absolute Gasteiger partial charge is 0.265 e. The molecule has 1 amide bonds. The Kier molecular flexibility index (Phi) is 3.79. The van der Waals surface area contributed by atoms with Crippen molar-refractivity contribution in [1.29, 1.82) is 0 Å². The summed E-state index contributed by atoms with van der Waals surface area (Å²) in [5.74, 6) is 0.701. The van der Waals surface area contributed by atoms with E-state index in [4.69, 9.17) is 4.74 Å². The predicted octanol–water partition coefficient (Wildman–Crippen LogP) is 2.28. The van der Waals surface area contributed by atoms with E-state index in [0.717, 1.165) is 21.3 Å². The van der Waals surface area contributed by atoms with Crippen molar-refractivity contribution < 1.29 is 9.53 Å². The topological polar surface area (TPSA) is 54.5 Å². The van der Waals surface area contributed by atoms with E-state index in [1.807, 2.05) is 37.4 Å². The van der Waals surface area contributed by atoms with Crippen LogP contribution in [0.15, 0.2) is 30.5 Å². The Morgan fingerprint density at radius 3 is 3.10 bits per heavy atom. The van der Waals surface area contributed by atoms with Crippen LogP contribution in [-0.2, 0) is 11.3 Å². The van der Waals surface area contributed by atoms with Crippen LogP contribution in [0.1, 0.15) is 9.88 Å². The lowest BCUT2D eigenvalue weighted by Crippen LogP contribution is -2.45. The molecule has 1 aromatic carbocycles. The second-order valence-corrected chi connectivity index (χ2v) is 6.34. The van der Waals surface area contributed by atoms with E-state index in [0.29, 0.717) is 13.1 Å². The number of aromatic nitrogens is 1. The predicted molar refractivity (Wildman–Crippen MR) is 82.7 cm³/mol. The van der Waals surface area contributed by atoms with Gasteiger partial charge in [0.05, 0.1) is 23.8 Å². The molecule has 2 aromatic rings. The van der Waals surface area contributed by atoms with Gasteiger partial charge in [0.15, 0.2) is 6.10 Å². The van der Waals surface area contributed by atoms with Gasteiger partial charge in [0.25, 0.3) is 5.91 Å². The van der Waals surface area contributed by atoms with Crippen molar-refractivity contribution in [2.45, 2.75) is 19.6 Å². The molecule has 1 unspecified atom stereocenters. The Bertz CT molecular complexity index is 656. The first kappa shape index (κ1) is 13.9. The van der Waals surface area contributed by atoms with Crippen molar-refractivity contribution in [2.24, 2.45) is 0 Å². The van der Waals surface area contributed by atoms with Crippen molar-refractivity contribution >= 4 is 22.9 Å². The summed E-state index contributed by atoms with van der Waals surface area (Å²) in [6, 6.07) is 7.65. The highest BCUT2D eigenvalue weighted by atomic mass is 32.1. The van der Waals surface area contributed by atoms with E-state index in [2.05, 4.69) is 10.3 Å². The minimum Gasteiger partial charge on any atom is -0.477 e. The fourth-order valence-corrected chi connectivity index (χ4v) is 3.14. The summed E-state index contributed by atoms with van der Waals surface area (Å²) in [6.45, 7) is 3.01. The number of fused-ring (bicyclic) bond motifs is 1. The molecule has 0 fully saturated rings. The molecule has 110 valence electrons. The second-order valence-electron chi connectivity index (χ2n) is 5.02. The number of hydrogen-bond acceptors (Lipinski definition) is 5. The number of likely N-dealkylation sites (N-methyl/N-ethyl adjacent to an activating group) is 1. The quantitative estimate of drug-likeness (QED) is 0.945. The lowest BCUT2D eigenvalue weighted by Gasteiger charge is -2.29. The number of benzene rings is 1. The number of carbonyl (C=O) groups excluding carboxylic acids is 1. The molecule has 0 saturated heterocycles. The lowest BCUT2D eigenvalue weighted by molar-refractivity contribution is -0.137. The van der Waals surface area contributed by atoms with E-state index in [-0.39, 0.29) is 5.91 Å². The number of amides is 1. The Balaban J connectivity index is 1.66. The third kappa shape index (κ3) is 3.00. The lowest BCUT2D eigenvalue weighted by atomic mass is 10.2. The normalized spacial score (nSPS) is 16.6. The largest absolute Gasteiger partial charge is 0.477 e. The molecule has 1 atom stereocenters. The number of ether oxygens (including phenoxy) is 1. The Morgan fingerprint density at radius 1 is 1.52 bits per heavy atom. The zero-order valence-electron chi connectivity index (χ0n) is 12.0. The van der Waals surface area contributed by atoms with Crippen molar-refractivity contribution in [3.8, 4) is 5.75 Å². The average Bonchev–Trinajstić information content (AvgIpc) is 2.91. The van der Waals surface area contributed by atoms with E-state index in [1.54, 1.807) is 23.3 Å².